The van der Waals surface area contributed by atoms with Gasteiger partial charge in [0.15, 0.2) is 0 Å². The van der Waals surface area contributed by atoms with Gasteiger partial charge in [0.1, 0.15) is 12.1 Å². The second-order valence-electron chi connectivity index (χ2n) is 8.04. The third kappa shape index (κ3) is 3.41. The van der Waals surface area contributed by atoms with Gasteiger partial charge in [0, 0.05) is 17.1 Å². The van der Waals surface area contributed by atoms with E-state index in [9.17, 15) is 14.4 Å². The number of hydrogen-bond acceptors (Lipinski definition) is 3. The fraction of sp³-hybridized carbons (Fsp3) is 0.348. The molecule has 0 spiro atoms. The van der Waals surface area contributed by atoms with Crippen LogP contribution < -0.4 is 5.32 Å². The summed E-state index contributed by atoms with van der Waals surface area (Å²) in [5, 5.41) is 2.76. The first-order chi connectivity index (χ1) is 14.3. The normalized spacial score (nSPS) is 23.2. The number of nitrogens with one attached hydrogen (secondary N) is 1. The third-order valence-electron chi connectivity index (χ3n) is 6.18. The van der Waals surface area contributed by atoms with Gasteiger partial charge in [-0.3, -0.25) is 14.5 Å². The van der Waals surface area contributed by atoms with Gasteiger partial charge in [0.25, 0.3) is 5.91 Å². The summed E-state index contributed by atoms with van der Waals surface area (Å²) in [6, 6.07) is 14.8. The first kappa shape index (κ1) is 20.6. The number of imide groups is 1. The lowest BCUT2D eigenvalue weighted by Crippen LogP contribution is -2.44. The molecule has 1 fully saturated rings. The van der Waals surface area contributed by atoms with Crippen LogP contribution in [0.1, 0.15) is 42.5 Å². The Kier molecular flexibility index (Phi) is 5.40. The molecule has 156 valence electrons. The van der Waals surface area contributed by atoms with E-state index in [0.29, 0.717) is 5.56 Å². The molecule has 2 aromatic carbocycles. The molecule has 7 heteroatoms. The van der Waals surface area contributed by atoms with E-state index in [2.05, 4.69) is 33.4 Å². The third-order valence-corrected chi connectivity index (χ3v) is 6.87. The second-order valence-corrected chi connectivity index (χ2v) is 8.89. The van der Waals surface area contributed by atoms with Crippen LogP contribution in [-0.4, -0.2) is 41.2 Å². The van der Waals surface area contributed by atoms with Gasteiger partial charge in [-0.25, -0.2) is 4.79 Å². The SMILES string of the molecule is CN(C(=O)CN1C(=O)N[C@@](C)(c2ccccc2Br)C1=O)[C@@H]1CCCc2ccccc21. The molecule has 1 aliphatic carbocycles. The van der Waals surface area contributed by atoms with E-state index in [1.807, 2.05) is 30.3 Å². The molecule has 1 saturated heterocycles. The number of benzene rings is 2. The van der Waals surface area contributed by atoms with E-state index in [0.717, 1.165) is 34.2 Å². The minimum Gasteiger partial charge on any atom is -0.337 e. The van der Waals surface area contributed by atoms with Crippen molar-refractivity contribution in [3.8, 4) is 0 Å². The molecule has 4 rings (SSSR count). The monoisotopic (exact) mass is 469 g/mol. The maximum Gasteiger partial charge on any atom is 0.325 e. The summed E-state index contributed by atoms with van der Waals surface area (Å²) in [5.74, 6) is -0.679. The molecule has 2 aromatic rings. The Hall–Kier alpha value is -2.67. The molecule has 0 bridgehead atoms. The van der Waals surface area contributed by atoms with Gasteiger partial charge in [0.2, 0.25) is 5.91 Å². The Morgan fingerprint density at radius 2 is 1.90 bits per heavy atom. The number of halogens is 1. The topological polar surface area (TPSA) is 69.7 Å². The van der Waals surface area contributed by atoms with Gasteiger partial charge >= 0.3 is 6.03 Å². The van der Waals surface area contributed by atoms with Crippen LogP contribution in [-0.2, 0) is 21.5 Å². The van der Waals surface area contributed by atoms with Crippen LogP contribution >= 0.6 is 15.9 Å². The van der Waals surface area contributed by atoms with Crippen LogP contribution in [0.15, 0.2) is 53.0 Å². The molecule has 1 heterocycles. The van der Waals surface area contributed by atoms with Crippen molar-refractivity contribution in [1.29, 1.82) is 0 Å². The Morgan fingerprint density at radius 3 is 2.67 bits per heavy atom. The van der Waals surface area contributed by atoms with Gasteiger partial charge < -0.3 is 10.2 Å². The highest BCUT2D eigenvalue weighted by molar-refractivity contribution is 9.10. The number of amides is 4. The summed E-state index contributed by atoms with van der Waals surface area (Å²) in [6.45, 7) is 1.39. The van der Waals surface area contributed by atoms with Crippen LogP contribution in [0, 0.1) is 0 Å². The Morgan fingerprint density at radius 1 is 1.20 bits per heavy atom. The highest BCUT2D eigenvalue weighted by Crippen LogP contribution is 2.35. The molecule has 6 nitrogen and oxygen atoms in total. The van der Waals surface area contributed by atoms with Crippen molar-refractivity contribution in [2.24, 2.45) is 0 Å². The van der Waals surface area contributed by atoms with Crippen molar-refractivity contribution in [3.05, 3.63) is 69.7 Å². The summed E-state index contributed by atoms with van der Waals surface area (Å²) in [7, 11) is 1.75. The zero-order chi connectivity index (χ0) is 21.5. The zero-order valence-corrected chi connectivity index (χ0v) is 18.6. The van der Waals surface area contributed by atoms with E-state index in [1.54, 1.807) is 24.9 Å². The quantitative estimate of drug-likeness (QED) is 0.693. The molecule has 0 aromatic heterocycles. The fourth-order valence-electron chi connectivity index (χ4n) is 4.44. The largest absolute Gasteiger partial charge is 0.337 e. The lowest BCUT2D eigenvalue weighted by molar-refractivity contribution is -0.139. The van der Waals surface area contributed by atoms with E-state index in [4.69, 9.17) is 0 Å². The van der Waals surface area contributed by atoms with Crippen LogP contribution in [0.5, 0.6) is 0 Å². The number of aryl methyl sites for hydroxylation is 1. The first-order valence-electron chi connectivity index (χ1n) is 10.1. The van der Waals surface area contributed by atoms with Crippen LogP contribution in [0.25, 0.3) is 0 Å². The molecule has 0 radical (unpaired) electrons. The number of carbonyl (C=O) groups is 3. The molecular weight excluding hydrogens is 446 g/mol. The molecule has 4 amide bonds. The minimum absolute atomic E-state index is 0.0436. The van der Waals surface area contributed by atoms with Gasteiger partial charge in [-0.1, -0.05) is 58.4 Å². The Labute approximate surface area is 184 Å². The maximum absolute atomic E-state index is 13.2. The van der Waals surface area contributed by atoms with Gasteiger partial charge in [0.05, 0.1) is 6.04 Å². The lowest BCUT2D eigenvalue weighted by atomic mass is 9.87. The van der Waals surface area contributed by atoms with Crippen molar-refractivity contribution >= 4 is 33.8 Å². The summed E-state index contributed by atoms with van der Waals surface area (Å²) >= 11 is 3.45. The molecular formula is C23H24BrN3O3. The second kappa shape index (κ2) is 7.87. The number of hydrogen-bond donors (Lipinski definition) is 1. The summed E-state index contributed by atoms with van der Waals surface area (Å²) < 4.78 is 0.727. The predicted molar refractivity (Wildman–Crippen MR) is 117 cm³/mol. The fourth-order valence-corrected chi connectivity index (χ4v) is 5.12. The van der Waals surface area contributed by atoms with Crippen molar-refractivity contribution in [1.82, 2.24) is 15.1 Å². The lowest BCUT2D eigenvalue weighted by Gasteiger charge is -2.34. The number of carbonyl (C=O) groups excluding carboxylic acids is 3. The van der Waals surface area contributed by atoms with Crippen LogP contribution in [0.2, 0.25) is 0 Å². The molecule has 1 N–H and O–H groups in total. The predicted octanol–water partition coefficient (Wildman–Crippen LogP) is 3.75. The average molecular weight is 470 g/mol. The van der Waals surface area contributed by atoms with Crippen LogP contribution in [0.3, 0.4) is 0 Å². The molecule has 2 atom stereocenters. The number of fused-ring (bicyclic) bond motifs is 1. The maximum atomic E-state index is 13.2. The van der Waals surface area contributed by atoms with E-state index < -0.39 is 17.5 Å². The van der Waals surface area contributed by atoms with Gasteiger partial charge in [-0.15, -0.1) is 0 Å². The Bertz CT molecular complexity index is 1020. The van der Waals surface area contributed by atoms with Crippen molar-refractivity contribution in [2.45, 2.75) is 37.8 Å². The van der Waals surface area contributed by atoms with Crippen molar-refractivity contribution in [2.75, 3.05) is 13.6 Å². The van der Waals surface area contributed by atoms with Crippen molar-refractivity contribution < 1.29 is 14.4 Å². The number of rotatable bonds is 4. The summed E-state index contributed by atoms with van der Waals surface area (Å²) in [5.41, 5.74) is 1.85. The van der Waals surface area contributed by atoms with E-state index in [-0.39, 0.29) is 18.5 Å². The average Bonchev–Trinajstić information content (AvgIpc) is 2.96. The highest BCUT2D eigenvalue weighted by Gasteiger charge is 2.50. The number of nitrogens with zero attached hydrogens (tertiary/aromatic N) is 2. The molecule has 30 heavy (non-hydrogen) atoms. The van der Waals surface area contributed by atoms with E-state index >= 15 is 0 Å². The van der Waals surface area contributed by atoms with Gasteiger partial charge in [-0.2, -0.15) is 0 Å². The standard InChI is InChI=1S/C23H24BrN3O3/c1-23(17-11-5-6-12-18(17)24)21(29)27(22(30)25-23)14-20(28)26(2)19-13-7-9-15-8-3-4-10-16(15)19/h3-6,8,10-12,19H,7,9,13-14H2,1-2H3,(H,25,30)/t19-,23+/m1/s1. The Balaban J connectivity index is 1.53. The van der Waals surface area contributed by atoms with Crippen molar-refractivity contribution in [3.63, 3.8) is 0 Å². The van der Waals surface area contributed by atoms with E-state index in [1.165, 1.54) is 5.56 Å². The van der Waals surface area contributed by atoms with Crippen LogP contribution in [0.4, 0.5) is 4.79 Å². The number of urea groups is 1. The molecule has 2 aliphatic rings. The summed E-state index contributed by atoms with van der Waals surface area (Å²) in [6.07, 6.45) is 2.88. The first-order valence-corrected chi connectivity index (χ1v) is 10.8. The molecule has 0 unspecified atom stereocenters. The minimum atomic E-state index is -1.21. The smallest absolute Gasteiger partial charge is 0.325 e. The molecule has 0 saturated carbocycles. The highest BCUT2D eigenvalue weighted by atomic mass is 79.9. The summed E-state index contributed by atoms with van der Waals surface area (Å²) in [4.78, 5) is 41.6. The number of likely N-dealkylation sites (N-methyl/N-ethyl adjacent to an activating group) is 1. The molecule has 1 aliphatic heterocycles. The zero-order valence-electron chi connectivity index (χ0n) is 17.0. The van der Waals surface area contributed by atoms with Gasteiger partial charge in [-0.05, 0) is 43.4 Å².